The van der Waals surface area contributed by atoms with Crippen molar-refractivity contribution in [3.8, 4) is 5.75 Å². The van der Waals surface area contributed by atoms with E-state index in [0.717, 1.165) is 9.80 Å². The molecule has 0 radical (unpaired) electrons. The maximum Gasteiger partial charge on any atom is 0.323 e. The van der Waals surface area contributed by atoms with Crippen LogP contribution in [0.1, 0.15) is 5.56 Å². The lowest BCUT2D eigenvalue weighted by Gasteiger charge is -2.22. The van der Waals surface area contributed by atoms with Crippen LogP contribution in [0.4, 0.5) is 5.69 Å². The molecule has 3 aromatic carbocycles. The van der Waals surface area contributed by atoms with Gasteiger partial charge in [-0.1, -0.05) is 77.9 Å². The standard InChI is InChI=1S/C24H19Cl2NO4S/c1-15(24(30)27(14-21(28)29)16-8-4-3-5-9-16)17-12-13-20(23(26)22(17)25)32-19-11-7-6-10-18(19)31-2/h3-13H,1,14H2,2H3,(H,28,29). The van der Waals surface area contributed by atoms with Gasteiger partial charge in [-0.05, 0) is 30.3 Å². The van der Waals surface area contributed by atoms with Crippen molar-refractivity contribution < 1.29 is 19.4 Å². The minimum absolute atomic E-state index is 0.0378. The normalized spacial score (nSPS) is 10.5. The Labute approximate surface area is 200 Å². The zero-order valence-electron chi connectivity index (χ0n) is 17.0. The Morgan fingerprint density at radius 1 is 0.969 bits per heavy atom. The highest BCUT2D eigenvalue weighted by Crippen LogP contribution is 2.43. The molecule has 0 spiro atoms. The Morgan fingerprint density at radius 2 is 1.62 bits per heavy atom. The number of hydrogen-bond donors (Lipinski definition) is 1. The lowest BCUT2D eigenvalue weighted by molar-refractivity contribution is -0.136. The largest absolute Gasteiger partial charge is 0.496 e. The number of methoxy groups -OCH3 is 1. The van der Waals surface area contributed by atoms with Crippen molar-refractivity contribution in [1.29, 1.82) is 0 Å². The second-order valence-corrected chi connectivity index (χ2v) is 8.43. The van der Waals surface area contributed by atoms with E-state index in [0.29, 0.717) is 21.9 Å². The van der Waals surface area contributed by atoms with E-state index in [4.69, 9.17) is 27.9 Å². The van der Waals surface area contributed by atoms with Gasteiger partial charge >= 0.3 is 5.97 Å². The summed E-state index contributed by atoms with van der Waals surface area (Å²) in [5.74, 6) is -1.04. The second-order valence-electron chi connectivity index (χ2n) is 6.59. The quantitative estimate of drug-likeness (QED) is 0.378. The van der Waals surface area contributed by atoms with Crippen LogP contribution < -0.4 is 9.64 Å². The number of hydrogen-bond acceptors (Lipinski definition) is 4. The van der Waals surface area contributed by atoms with Crippen molar-refractivity contribution in [2.75, 3.05) is 18.6 Å². The molecule has 0 aromatic heterocycles. The molecule has 0 atom stereocenters. The van der Waals surface area contributed by atoms with Crippen LogP contribution in [0.25, 0.3) is 5.57 Å². The first-order valence-electron chi connectivity index (χ1n) is 9.40. The summed E-state index contributed by atoms with van der Waals surface area (Å²) in [6.45, 7) is 3.35. The average molecular weight is 488 g/mol. The van der Waals surface area contributed by atoms with E-state index in [9.17, 15) is 14.7 Å². The van der Waals surface area contributed by atoms with E-state index >= 15 is 0 Å². The van der Waals surface area contributed by atoms with Crippen LogP contribution in [-0.4, -0.2) is 30.6 Å². The molecule has 0 bridgehead atoms. The Kier molecular flexibility index (Phi) is 7.85. The highest BCUT2D eigenvalue weighted by Gasteiger charge is 2.25. The summed E-state index contributed by atoms with van der Waals surface area (Å²) in [5.41, 5.74) is 0.805. The number of nitrogens with zero attached hydrogens (tertiary/aromatic N) is 1. The fourth-order valence-electron chi connectivity index (χ4n) is 2.97. The monoisotopic (exact) mass is 487 g/mol. The predicted octanol–water partition coefficient (Wildman–Crippen LogP) is 6.28. The molecule has 3 rings (SSSR count). The van der Waals surface area contributed by atoms with Crippen LogP contribution in [0.2, 0.25) is 10.0 Å². The number of carboxylic acids is 1. The summed E-state index contributed by atoms with van der Waals surface area (Å²) in [7, 11) is 1.59. The maximum atomic E-state index is 13.1. The van der Waals surface area contributed by atoms with Crippen molar-refractivity contribution in [1.82, 2.24) is 0 Å². The fourth-order valence-corrected chi connectivity index (χ4v) is 4.55. The molecule has 0 heterocycles. The number of rotatable bonds is 8. The molecule has 8 heteroatoms. The second kappa shape index (κ2) is 10.6. The van der Waals surface area contributed by atoms with Gasteiger partial charge in [0.05, 0.1) is 22.1 Å². The Balaban J connectivity index is 1.91. The predicted molar refractivity (Wildman–Crippen MR) is 129 cm³/mol. The zero-order valence-corrected chi connectivity index (χ0v) is 19.4. The molecule has 3 aromatic rings. The molecule has 1 amide bonds. The summed E-state index contributed by atoms with van der Waals surface area (Å²) in [6.07, 6.45) is 0. The molecule has 0 aliphatic carbocycles. The summed E-state index contributed by atoms with van der Waals surface area (Å²) in [5, 5.41) is 9.70. The Hall–Kier alpha value is -2.93. The van der Waals surface area contributed by atoms with Crippen LogP contribution in [0.5, 0.6) is 5.75 Å². The molecule has 0 aliphatic heterocycles. The van der Waals surface area contributed by atoms with Gasteiger partial charge in [0.25, 0.3) is 5.91 Å². The molecular formula is C24H19Cl2NO4S. The third-order valence-electron chi connectivity index (χ3n) is 4.53. The molecule has 0 saturated heterocycles. The maximum absolute atomic E-state index is 13.1. The van der Waals surface area contributed by atoms with E-state index in [1.807, 2.05) is 24.3 Å². The van der Waals surface area contributed by atoms with Crippen LogP contribution in [0, 0.1) is 0 Å². The minimum Gasteiger partial charge on any atom is -0.496 e. The van der Waals surface area contributed by atoms with Crippen molar-refractivity contribution in [2.24, 2.45) is 0 Å². The number of benzene rings is 3. The molecule has 5 nitrogen and oxygen atoms in total. The highest BCUT2D eigenvalue weighted by molar-refractivity contribution is 7.99. The average Bonchev–Trinajstić information content (AvgIpc) is 2.80. The molecule has 0 unspecified atom stereocenters. The van der Waals surface area contributed by atoms with Crippen LogP contribution >= 0.6 is 35.0 Å². The molecule has 0 aliphatic rings. The van der Waals surface area contributed by atoms with Crippen molar-refractivity contribution in [3.63, 3.8) is 0 Å². The van der Waals surface area contributed by atoms with Crippen LogP contribution in [-0.2, 0) is 9.59 Å². The molecule has 0 saturated carbocycles. The first kappa shape index (κ1) is 23.7. The van der Waals surface area contributed by atoms with E-state index in [-0.39, 0.29) is 15.6 Å². The molecule has 0 fully saturated rings. The molecule has 32 heavy (non-hydrogen) atoms. The van der Waals surface area contributed by atoms with Gasteiger partial charge in [0.1, 0.15) is 12.3 Å². The zero-order chi connectivity index (χ0) is 23.3. The van der Waals surface area contributed by atoms with Crippen molar-refractivity contribution in [2.45, 2.75) is 9.79 Å². The molecular weight excluding hydrogens is 469 g/mol. The van der Waals surface area contributed by atoms with Crippen LogP contribution in [0.15, 0.2) is 83.1 Å². The number of anilines is 1. The van der Waals surface area contributed by atoms with E-state index in [2.05, 4.69) is 6.58 Å². The van der Waals surface area contributed by atoms with E-state index < -0.39 is 18.4 Å². The first-order valence-corrected chi connectivity index (χ1v) is 11.0. The number of halogens is 2. The summed E-state index contributed by atoms with van der Waals surface area (Å²) >= 11 is 14.4. The first-order chi connectivity index (χ1) is 15.3. The third-order valence-corrected chi connectivity index (χ3v) is 6.64. The lowest BCUT2D eigenvalue weighted by atomic mass is 10.1. The Bertz CT molecular complexity index is 1170. The van der Waals surface area contributed by atoms with Gasteiger partial charge in [0.15, 0.2) is 0 Å². The number of carbonyl (C=O) groups excluding carboxylic acids is 1. The topological polar surface area (TPSA) is 66.8 Å². The van der Waals surface area contributed by atoms with Gasteiger partial charge in [0, 0.05) is 21.7 Å². The molecule has 1 N–H and O–H groups in total. The van der Waals surface area contributed by atoms with Gasteiger partial charge < -0.3 is 9.84 Å². The SMILES string of the molecule is C=C(C(=O)N(CC(=O)O)c1ccccc1)c1ccc(Sc2ccccc2OC)c(Cl)c1Cl. The number of ether oxygens (including phenoxy) is 1. The third kappa shape index (κ3) is 5.27. The number of aliphatic carboxylic acids is 1. The van der Waals surface area contributed by atoms with Gasteiger partial charge in [-0.25, -0.2) is 0 Å². The number of amides is 1. The van der Waals surface area contributed by atoms with Crippen LogP contribution in [0.3, 0.4) is 0 Å². The van der Waals surface area contributed by atoms with E-state index in [1.54, 1.807) is 49.6 Å². The number of para-hydroxylation sites is 2. The summed E-state index contributed by atoms with van der Waals surface area (Å²) < 4.78 is 5.37. The van der Waals surface area contributed by atoms with E-state index in [1.165, 1.54) is 11.8 Å². The van der Waals surface area contributed by atoms with Gasteiger partial charge in [0.2, 0.25) is 0 Å². The fraction of sp³-hybridized carbons (Fsp3) is 0.0833. The highest BCUT2D eigenvalue weighted by atomic mass is 35.5. The number of carbonyl (C=O) groups is 2. The summed E-state index contributed by atoms with van der Waals surface area (Å²) in [4.78, 5) is 27.2. The van der Waals surface area contributed by atoms with Crippen molar-refractivity contribution >= 4 is 58.1 Å². The number of carboxylic acid groups (broad SMARTS) is 1. The van der Waals surface area contributed by atoms with Gasteiger partial charge in [-0.3, -0.25) is 14.5 Å². The summed E-state index contributed by atoms with van der Waals surface area (Å²) in [6, 6.07) is 19.4. The smallest absolute Gasteiger partial charge is 0.323 e. The Morgan fingerprint density at radius 3 is 2.28 bits per heavy atom. The van der Waals surface area contributed by atoms with Crippen molar-refractivity contribution in [3.05, 3.63) is 88.9 Å². The lowest BCUT2D eigenvalue weighted by Crippen LogP contribution is -2.36. The van der Waals surface area contributed by atoms with Gasteiger partial charge in [-0.15, -0.1) is 0 Å². The molecule has 164 valence electrons. The minimum atomic E-state index is -1.15. The van der Waals surface area contributed by atoms with Gasteiger partial charge in [-0.2, -0.15) is 0 Å².